The van der Waals surface area contributed by atoms with Crippen molar-refractivity contribution in [1.29, 1.82) is 0 Å². The van der Waals surface area contributed by atoms with Crippen LogP contribution < -0.4 is 10.6 Å². The van der Waals surface area contributed by atoms with Crippen LogP contribution in [0.4, 0.5) is 0 Å². The second-order valence-electron chi connectivity index (χ2n) is 8.77. The average molecular weight is 420 g/mol. The lowest BCUT2D eigenvalue weighted by Gasteiger charge is -2.31. The van der Waals surface area contributed by atoms with Gasteiger partial charge < -0.3 is 15.5 Å². The Bertz CT molecular complexity index is 988. The Kier molecular flexibility index (Phi) is 6.07. The number of nitrogens with one attached hydrogen (secondary N) is 2. The van der Waals surface area contributed by atoms with E-state index in [9.17, 15) is 14.4 Å². The molecule has 162 valence electrons. The van der Waals surface area contributed by atoms with Crippen LogP contribution in [0, 0.1) is 0 Å². The number of fused-ring (bicyclic) bond motifs is 1. The second kappa shape index (κ2) is 8.92. The van der Waals surface area contributed by atoms with Gasteiger partial charge >= 0.3 is 0 Å². The van der Waals surface area contributed by atoms with E-state index in [2.05, 4.69) is 36.6 Å². The predicted molar refractivity (Wildman–Crippen MR) is 118 cm³/mol. The number of hydrogen-bond donors (Lipinski definition) is 2. The molecule has 3 amide bonds. The summed E-state index contributed by atoms with van der Waals surface area (Å²) >= 11 is 0. The first-order valence-electron chi connectivity index (χ1n) is 11.0. The monoisotopic (exact) mass is 419 g/mol. The third kappa shape index (κ3) is 4.79. The highest BCUT2D eigenvalue weighted by atomic mass is 16.2. The van der Waals surface area contributed by atoms with Crippen molar-refractivity contribution in [3.05, 3.63) is 70.3 Å². The number of carbonyl (C=O) groups is 3. The quantitative estimate of drug-likeness (QED) is 0.756. The molecule has 1 unspecified atom stereocenters. The highest BCUT2D eigenvalue weighted by Crippen LogP contribution is 2.27. The molecule has 0 bridgehead atoms. The number of benzene rings is 2. The molecule has 31 heavy (non-hydrogen) atoms. The fourth-order valence-corrected chi connectivity index (χ4v) is 4.26. The molecule has 2 heterocycles. The van der Waals surface area contributed by atoms with Crippen LogP contribution in [0.3, 0.4) is 0 Å². The lowest BCUT2D eigenvalue weighted by atomic mass is 10.0. The molecule has 1 saturated heterocycles. The molecule has 0 aliphatic carbocycles. The summed E-state index contributed by atoms with van der Waals surface area (Å²) in [5.41, 5.74) is 4.95. The molecule has 2 aromatic carbocycles. The number of rotatable bonds is 6. The lowest BCUT2D eigenvalue weighted by Crippen LogP contribution is -2.48. The van der Waals surface area contributed by atoms with E-state index in [0.29, 0.717) is 44.8 Å². The molecule has 2 N–H and O–H groups in total. The number of carbonyl (C=O) groups excluding carboxylic acids is 3. The fraction of sp³-hybridized carbons (Fsp3) is 0.400. The Labute approximate surface area is 183 Å². The molecule has 1 atom stereocenters. The van der Waals surface area contributed by atoms with Crippen LogP contribution in [0.2, 0.25) is 0 Å². The van der Waals surface area contributed by atoms with Crippen molar-refractivity contribution in [3.63, 3.8) is 0 Å². The lowest BCUT2D eigenvalue weighted by molar-refractivity contribution is -0.123. The maximum atomic E-state index is 12.8. The van der Waals surface area contributed by atoms with Crippen molar-refractivity contribution in [1.82, 2.24) is 15.5 Å². The Morgan fingerprint density at radius 2 is 1.87 bits per heavy atom. The number of hydrogen-bond acceptors (Lipinski definition) is 3. The van der Waals surface area contributed by atoms with Crippen molar-refractivity contribution in [2.45, 2.75) is 58.2 Å². The van der Waals surface area contributed by atoms with Crippen LogP contribution in [0.15, 0.2) is 42.5 Å². The maximum absolute atomic E-state index is 12.8. The van der Waals surface area contributed by atoms with E-state index < -0.39 is 0 Å². The first kappa shape index (κ1) is 21.1. The number of piperidine rings is 1. The zero-order valence-electron chi connectivity index (χ0n) is 18.1. The molecule has 0 saturated carbocycles. The summed E-state index contributed by atoms with van der Waals surface area (Å²) in [5, 5.41) is 5.83. The van der Waals surface area contributed by atoms with Crippen LogP contribution >= 0.6 is 0 Å². The molecular weight excluding hydrogens is 390 g/mol. The van der Waals surface area contributed by atoms with Crippen LogP contribution in [0.25, 0.3) is 0 Å². The Balaban J connectivity index is 1.33. The van der Waals surface area contributed by atoms with Gasteiger partial charge in [0.05, 0.1) is 12.5 Å². The van der Waals surface area contributed by atoms with Gasteiger partial charge in [0.1, 0.15) is 0 Å². The Morgan fingerprint density at radius 3 is 2.55 bits per heavy atom. The topological polar surface area (TPSA) is 78.5 Å². The minimum atomic E-state index is -0.0200. The molecule has 6 heteroatoms. The van der Waals surface area contributed by atoms with E-state index >= 15 is 0 Å². The molecule has 2 aliphatic rings. The summed E-state index contributed by atoms with van der Waals surface area (Å²) in [5.74, 6) is 0.529. The highest BCUT2D eigenvalue weighted by molar-refractivity contribution is 5.98. The maximum Gasteiger partial charge on any atom is 0.254 e. The molecule has 1 fully saturated rings. The van der Waals surface area contributed by atoms with Gasteiger partial charge in [-0.05, 0) is 40.7 Å². The van der Waals surface area contributed by atoms with Crippen molar-refractivity contribution < 1.29 is 14.4 Å². The number of amides is 3. The van der Waals surface area contributed by atoms with Gasteiger partial charge in [-0.25, -0.2) is 0 Å². The number of nitrogens with zero attached hydrogens (tertiary/aromatic N) is 1. The van der Waals surface area contributed by atoms with Gasteiger partial charge in [-0.2, -0.15) is 0 Å². The summed E-state index contributed by atoms with van der Waals surface area (Å²) in [6.07, 6.45) is 1.51. The van der Waals surface area contributed by atoms with Crippen LogP contribution in [-0.4, -0.2) is 35.2 Å². The van der Waals surface area contributed by atoms with E-state index in [-0.39, 0.29) is 23.8 Å². The highest BCUT2D eigenvalue weighted by Gasteiger charge is 2.34. The van der Waals surface area contributed by atoms with Gasteiger partial charge in [-0.1, -0.05) is 50.2 Å². The summed E-state index contributed by atoms with van der Waals surface area (Å²) in [6, 6.07) is 14.0. The SMILES string of the molecule is CC(C)c1ccc(CC(=O)NCc2ccc3c(c2)CN(C2CCC(=O)NC2)C3=O)cc1. The van der Waals surface area contributed by atoms with E-state index in [1.165, 1.54) is 5.56 Å². The van der Waals surface area contributed by atoms with E-state index in [1.54, 1.807) is 0 Å². The molecule has 2 aromatic rings. The van der Waals surface area contributed by atoms with Crippen molar-refractivity contribution in [2.75, 3.05) is 6.54 Å². The standard InChI is InChI=1S/C25H29N3O3/c1-16(2)19-6-3-17(4-7-19)12-24(30)26-13-18-5-9-22-20(11-18)15-28(25(22)31)21-8-10-23(29)27-14-21/h3-7,9,11,16,21H,8,10,12-15H2,1-2H3,(H,26,30)(H,27,29). The molecular formula is C25H29N3O3. The normalized spacial score (nSPS) is 18.2. The molecule has 6 nitrogen and oxygen atoms in total. The molecule has 0 aromatic heterocycles. The van der Waals surface area contributed by atoms with E-state index in [0.717, 1.165) is 22.3 Å². The van der Waals surface area contributed by atoms with Gasteiger partial charge in [0.25, 0.3) is 5.91 Å². The van der Waals surface area contributed by atoms with Crippen LogP contribution in [0.5, 0.6) is 0 Å². The van der Waals surface area contributed by atoms with Gasteiger partial charge in [-0.15, -0.1) is 0 Å². The third-order valence-electron chi connectivity index (χ3n) is 6.18. The molecule has 2 aliphatic heterocycles. The van der Waals surface area contributed by atoms with Gasteiger partial charge in [0.15, 0.2) is 0 Å². The van der Waals surface area contributed by atoms with E-state index in [4.69, 9.17) is 0 Å². The summed E-state index contributed by atoms with van der Waals surface area (Å²) in [6.45, 7) is 5.80. The minimum absolute atomic E-state index is 0.0200. The van der Waals surface area contributed by atoms with Crippen LogP contribution in [-0.2, 0) is 29.1 Å². The zero-order chi connectivity index (χ0) is 22.0. The van der Waals surface area contributed by atoms with Crippen molar-refractivity contribution in [2.24, 2.45) is 0 Å². The molecule has 4 rings (SSSR count). The third-order valence-corrected chi connectivity index (χ3v) is 6.18. The van der Waals surface area contributed by atoms with Gasteiger partial charge in [-0.3, -0.25) is 14.4 Å². The van der Waals surface area contributed by atoms with Crippen molar-refractivity contribution >= 4 is 17.7 Å². The van der Waals surface area contributed by atoms with E-state index in [1.807, 2.05) is 35.2 Å². The largest absolute Gasteiger partial charge is 0.354 e. The van der Waals surface area contributed by atoms with Crippen LogP contribution in [0.1, 0.15) is 65.2 Å². The summed E-state index contributed by atoms with van der Waals surface area (Å²) in [4.78, 5) is 38.4. The van der Waals surface area contributed by atoms with Crippen molar-refractivity contribution in [3.8, 4) is 0 Å². The Hall–Kier alpha value is -3.15. The summed E-state index contributed by atoms with van der Waals surface area (Å²) in [7, 11) is 0. The minimum Gasteiger partial charge on any atom is -0.354 e. The average Bonchev–Trinajstić information content (AvgIpc) is 3.09. The second-order valence-corrected chi connectivity index (χ2v) is 8.77. The fourth-order valence-electron chi connectivity index (χ4n) is 4.26. The molecule has 0 spiro atoms. The summed E-state index contributed by atoms with van der Waals surface area (Å²) < 4.78 is 0. The Morgan fingerprint density at radius 1 is 1.13 bits per heavy atom. The zero-order valence-corrected chi connectivity index (χ0v) is 18.1. The smallest absolute Gasteiger partial charge is 0.254 e. The molecule has 0 radical (unpaired) electrons. The van der Waals surface area contributed by atoms with Gasteiger partial charge in [0, 0.05) is 31.6 Å². The first-order valence-corrected chi connectivity index (χ1v) is 11.0. The first-order chi connectivity index (χ1) is 14.9. The predicted octanol–water partition coefficient (Wildman–Crippen LogP) is 2.90. The van der Waals surface area contributed by atoms with Gasteiger partial charge in [0.2, 0.25) is 11.8 Å².